The molecule has 2 amide bonds. The van der Waals surface area contributed by atoms with E-state index in [-0.39, 0.29) is 31.5 Å². The van der Waals surface area contributed by atoms with Gasteiger partial charge in [-0.1, -0.05) is 24.3 Å². The largest absolute Gasteiger partial charge is 0.486 e. The average molecular weight is 459 g/mol. The number of unbranched alkanes of at least 4 members (excludes halogenated alkanes) is 2. The minimum atomic E-state index is -1.02. The predicted molar refractivity (Wildman–Crippen MR) is 124 cm³/mol. The van der Waals surface area contributed by atoms with Crippen LogP contribution >= 0.6 is 0 Å². The fourth-order valence-electron chi connectivity index (χ4n) is 4.53. The minimum Gasteiger partial charge on any atom is -0.486 e. The summed E-state index contributed by atoms with van der Waals surface area (Å²) in [5, 5.41) is 23.2. The molecule has 8 nitrogen and oxygen atoms in total. The van der Waals surface area contributed by atoms with E-state index in [9.17, 15) is 14.7 Å². The number of nitrogens with zero attached hydrogens (tertiary/aromatic N) is 1. The molecule has 0 radical (unpaired) electrons. The number of methoxy groups -OCH3 is 1. The number of carbonyl (C=O) groups excluding carboxylic acids is 2. The first-order valence-corrected chi connectivity index (χ1v) is 11.5. The highest BCUT2D eigenvalue weighted by molar-refractivity contribution is 5.96. The Balaban J connectivity index is 1.93. The van der Waals surface area contributed by atoms with Gasteiger partial charge in [-0.2, -0.15) is 0 Å². The highest BCUT2D eigenvalue weighted by Gasteiger charge is 2.50. The maximum absolute atomic E-state index is 13.1. The van der Waals surface area contributed by atoms with Gasteiger partial charge in [0, 0.05) is 37.8 Å². The van der Waals surface area contributed by atoms with Gasteiger partial charge in [0.1, 0.15) is 18.0 Å². The van der Waals surface area contributed by atoms with E-state index in [2.05, 4.69) is 11.9 Å². The number of allylic oxidation sites excluding steroid dienone is 1. The minimum absolute atomic E-state index is 0.110. The van der Waals surface area contributed by atoms with Gasteiger partial charge < -0.3 is 29.9 Å². The third-order valence-corrected chi connectivity index (χ3v) is 6.14. The van der Waals surface area contributed by atoms with Crippen LogP contribution in [0.1, 0.15) is 37.2 Å². The number of para-hydroxylation sites is 1. The molecule has 1 aliphatic carbocycles. The predicted octanol–water partition coefficient (Wildman–Crippen LogP) is 1.53. The van der Waals surface area contributed by atoms with Gasteiger partial charge in [0.05, 0.1) is 25.2 Å². The lowest BCUT2D eigenvalue weighted by Gasteiger charge is -2.40. The Bertz CT molecular complexity index is 870. The topological polar surface area (TPSA) is 108 Å². The van der Waals surface area contributed by atoms with Gasteiger partial charge in [-0.05, 0) is 31.4 Å². The molecule has 2 aliphatic rings. The monoisotopic (exact) mass is 458 g/mol. The lowest BCUT2D eigenvalue weighted by atomic mass is 9.77. The molecule has 3 rings (SSSR count). The number of nitrogens with one attached hydrogen (secondary N) is 1. The molecule has 0 unspecified atom stereocenters. The SMILES string of the molecule is C=CCCCCC(=O)N(CCOC)[C@@H]1C=C(C(=O)NCCO)[C@@H]2c3ccccc3O[C@@H]2[C@H]1O. The lowest BCUT2D eigenvalue weighted by Crippen LogP contribution is -2.56. The van der Waals surface area contributed by atoms with Crippen molar-refractivity contribution in [2.75, 3.05) is 33.4 Å². The van der Waals surface area contributed by atoms with Gasteiger partial charge in [-0.3, -0.25) is 9.59 Å². The van der Waals surface area contributed by atoms with Gasteiger partial charge in [-0.25, -0.2) is 0 Å². The van der Waals surface area contributed by atoms with Crippen LogP contribution in [0.4, 0.5) is 0 Å². The van der Waals surface area contributed by atoms with Crippen LogP contribution in [-0.2, 0) is 14.3 Å². The van der Waals surface area contributed by atoms with Crippen molar-refractivity contribution in [1.82, 2.24) is 10.2 Å². The second kappa shape index (κ2) is 12.0. The molecule has 0 fully saturated rings. The summed E-state index contributed by atoms with van der Waals surface area (Å²) < 4.78 is 11.3. The van der Waals surface area contributed by atoms with E-state index in [1.807, 2.05) is 30.3 Å². The summed E-state index contributed by atoms with van der Waals surface area (Å²) in [6.45, 7) is 4.22. The molecule has 8 heteroatoms. The Morgan fingerprint density at radius 1 is 1.30 bits per heavy atom. The maximum Gasteiger partial charge on any atom is 0.247 e. The third kappa shape index (κ3) is 5.63. The molecule has 0 saturated heterocycles. The number of benzene rings is 1. The standard InChI is InChI=1S/C25H34N2O6/c1-3-4-5-6-11-21(29)27(13-15-32-2)19-16-18(25(31)26-12-14-28)22-17-9-7-8-10-20(17)33-24(22)23(19)30/h3,7-10,16,19,22-24,28,30H,1,4-6,11-15H2,2H3,(H,26,31)/t19-,22+,23+,24+/m1/s1. The van der Waals surface area contributed by atoms with Gasteiger partial charge in [-0.15, -0.1) is 6.58 Å². The van der Waals surface area contributed by atoms with Gasteiger partial charge in [0.15, 0.2) is 0 Å². The second-order valence-electron chi connectivity index (χ2n) is 8.30. The number of fused-ring (bicyclic) bond motifs is 3. The van der Waals surface area contributed by atoms with Crippen LogP contribution in [0.15, 0.2) is 48.6 Å². The summed E-state index contributed by atoms with van der Waals surface area (Å²) >= 11 is 0. The first-order chi connectivity index (χ1) is 16.0. The van der Waals surface area contributed by atoms with Gasteiger partial charge in [0.2, 0.25) is 11.8 Å². The molecule has 0 saturated carbocycles. The number of hydrogen-bond donors (Lipinski definition) is 3. The van der Waals surface area contributed by atoms with Crippen LogP contribution in [0.25, 0.3) is 0 Å². The van der Waals surface area contributed by atoms with Crippen molar-refractivity contribution in [3.63, 3.8) is 0 Å². The van der Waals surface area contributed by atoms with Crippen LogP contribution in [0.3, 0.4) is 0 Å². The highest BCUT2D eigenvalue weighted by atomic mass is 16.5. The highest BCUT2D eigenvalue weighted by Crippen LogP contribution is 2.47. The van der Waals surface area contributed by atoms with Crippen molar-refractivity contribution in [3.05, 3.63) is 54.1 Å². The lowest BCUT2D eigenvalue weighted by molar-refractivity contribution is -0.138. The number of aliphatic hydroxyl groups excluding tert-OH is 2. The molecule has 33 heavy (non-hydrogen) atoms. The maximum atomic E-state index is 13.1. The third-order valence-electron chi connectivity index (χ3n) is 6.14. The first kappa shape index (κ1) is 25.0. The van der Waals surface area contributed by atoms with E-state index in [0.717, 1.165) is 18.4 Å². The van der Waals surface area contributed by atoms with E-state index in [4.69, 9.17) is 14.6 Å². The fraction of sp³-hybridized carbons (Fsp3) is 0.520. The number of rotatable bonds is 12. The van der Waals surface area contributed by atoms with E-state index in [0.29, 0.717) is 30.8 Å². The number of aliphatic hydroxyl groups is 2. The summed E-state index contributed by atoms with van der Waals surface area (Å²) in [5.41, 5.74) is 1.25. The van der Waals surface area contributed by atoms with Gasteiger partial charge >= 0.3 is 0 Å². The van der Waals surface area contributed by atoms with Crippen molar-refractivity contribution in [2.24, 2.45) is 0 Å². The smallest absolute Gasteiger partial charge is 0.247 e. The number of ether oxygens (including phenoxy) is 2. The summed E-state index contributed by atoms with van der Waals surface area (Å²) in [5.74, 6) is -0.299. The van der Waals surface area contributed by atoms with Crippen LogP contribution < -0.4 is 10.1 Å². The molecular formula is C25H34N2O6. The van der Waals surface area contributed by atoms with Crippen LogP contribution in [0, 0.1) is 0 Å². The Kier molecular flexibility index (Phi) is 9.05. The molecule has 3 N–H and O–H groups in total. The Morgan fingerprint density at radius 2 is 2.09 bits per heavy atom. The van der Waals surface area contributed by atoms with E-state index in [1.54, 1.807) is 18.1 Å². The number of hydrogen-bond acceptors (Lipinski definition) is 6. The van der Waals surface area contributed by atoms with Crippen molar-refractivity contribution in [2.45, 2.75) is 49.9 Å². The van der Waals surface area contributed by atoms with E-state index < -0.39 is 24.2 Å². The van der Waals surface area contributed by atoms with Crippen molar-refractivity contribution >= 4 is 11.8 Å². The fourth-order valence-corrected chi connectivity index (χ4v) is 4.53. The van der Waals surface area contributed by atoms with Crippen LogP contribution in [-0.4, -0.2) is 78.6 Å². The molecule has 1 aromatic carbocycles. The molecule has 1 heterocycles. The summed E-state index contributed by atoms with van der Waals surface area (Å²) in [4.78, 5) is 27.8. The summed E-state index contributed by atoms with van der Waals surface area (Å²) in [6, 6.07) is 6.66. The molecule has 0 aromatic heterocycles. The molecule has 1 aliphatic heterocycles. The Hall–Kier alpha value is -2.68. The zero-order valence-corrected chi connectivity index (χ0v) is 19.1. The second-order valence-corrected chi connectivity index (χ2v) is 8.30. The summed E-state index contributed by atoms with van der Waals surface area (Å²) in [7, 11) is 1.56. The Labute approximate surface area is 194 Å². The summed E-state index contributed by atoms with van der Waals surface area (Å²) in [6.07, 6.45) is 4.51. The number of carbonyl (C=O) groups is 2. The molecule has 1 aromatic rings. The number of amides is 2. The molecule has 180 valence electrons. The van der Waals surface area contributed by atoms with Gasteiger partial charge in [0.25, 0.3) is 0 Å². The molecule has 0 spiro atoms. The average Bonchev–Trinajstić information content (AvgIpc) is 3.22. The van der Waals surface area contributed by atoms with Crippen molar-refractivity contribution < 1.29 is 29.3 Å². The van der Waals surface area contributed by atoms with Crippen LogP contribution in [0.2, 0.25) is 0 Å². The molecule has 4 atom stereocenters. The van der Waals surface area contributed by atoms with E-state index >= 15 is 0 Å². The van der Waals surface area contributed by atoms with E-state index in [1.165, 1.54) is 0 Å². The molecular weight excluding hydrogens is 424 g/mol. The quantitative estimate of drug-likeness (QED) is 0.324. The van der Waals surface area contributed by atoms with Crippen molar-refractivity contribution in [3.8, 4) is 5.75 Å². The van der Waals surface area contributed by atoms with Crippen LogP contribution in [0.5, 0.6) is 5.75 Å². The normalized spacial score (nSPS) is 23.1. The molecule has 0 bridgehead atoms. The zero-order valence-electron chi connectivity index (χ0n) is 19.1. The van der Waals surface area contributed by atoms with Crippen molar-refractivity contribution in [1.29, 1.82) is 0 Å². The zero-order chi connectivity index (χ0) is 23.8. The first-order valence-electron chi connectivity index (χ1n) is 11.5. The Morgan fingerprint density at radius 3 is 2.82 bits per heavy atom.